The quantitative estimate of drug-likeness (QED) is 0.495. The zero-order chi connectivity index (χ0) is 21.4. The Morgan fingerprint density at radius 2 is 1.65 bits per heavy atom. The van der Waals surface area contributed by atoms with Crippen LogP contribution in [0.15, 0.2) is 73.1 Å². The third-order valence-corrected chi connectivity index (χ3v) is 6.09. The molecule has 0 aliphatic carbocycles. The van der Waals surface area contributed by atoms with Gasteiger partial charge in [0.25, 0.3) is 5.91 Å². The van der Waals surface area contributed by atoms with Crippen molar-refractivity contribution in [3.63, 3.8) is 0 Å². The molecule has 5 heteroatoms. The standard InChI is InChI=1S/C26H26N4O/c1-19-8-10-24(20(2)16-19)30-18-27-23-17-21(9-11-25(23)30)26(31)29-14-12-28(13-15-29)22-6-4-3-5-7-22/h3-11,16-18H,12-15H2,1-2H3. The van der Waals surface area contributed by atoms with Gasteiger partial charge in [0.2, 0.25) is 0 Å². The van der Waals surface area contributed by atoms with E-state index in [-0.39, 0.29) is 5.91 Å². The van der Waals surface area contributed by atoms with Crippen LogP contribution in [0.4, 0.5) is 5.69 Å². The largest absolute Gasteiger partial charge is 0.368 e. The highest BCUT2D eigenvalue weighted by Gasteiger charge is 2.23. The second-order valence-electron chi connectivity index (χ2n) is 8.22. The number of carbonyl (C=O) groups excluding carboxylic acids is 1. The van der Waals surface area contributed by atoms with Crippen molar-refractivity contribution in [2.45, 2.75) is 13.8 Å². The van der Waals surface area contributed by atoms with Crippen molar-refractivity contribution in [2.24, 2.45) is 0 Å². The second kappa shape index (κ2) is 7.91. The van der Waals surface area contributed by atoms with Crippen molar-refractivity contribution in [1.82, 2.24) is 14.5 Å². The first kappa shape index (κ1) is 19.4. The predicted molar refractivity (Wildman–Crippen MR) is 125 cm³/mol. The molecule has 0 saturated carbocycles. The van der Waals surface area contributed by atoms with Gasteiger partial charge >= 0.3 is 0 Å². The molecule has 0 spiro atoms. The zero-order valence-corrected chi connectivity index (χ0v) is 18.0. The number of rotatable bonds is 3. The van der Waals surface area contributed by atoms with Gasteiger partial charge < -0.3 is 9.80 Å². The van der Waals surface area contributed by atoms with E-state index >= 15 is 0 Å². The lowest BCUT2D eigenvalue weighted by molar-refractivity contribution is 0.0747. The average Bonchev–Trinajstić information content (AvgIpc) is 3.22. The van der Waals surface area contributed by atoms with Crippen LogP contribution in [0, 0.1) is 13.8 Å². The fourth-order valence-corrected chi connectivity index (χ4v) is 4.40. The van der Waals surface area contributed by atoms with E-state index in [0.29, 0.717) is 5.56 Å². The number of nitrogens with zero attached hydrogens (tertiary/aromatic N) is 4. The molecular formula is C26H26N4O. The summed E-state index contributed by atoms with van der Waals surface area (Å²) in [6.45, 7) is 7.35. The summed E-state index contributed by atoms with van der Waals surface area (Å²) >= 11 is 0. The highest BCUT2D eigenvalue weighted by molar-refractivity contribution is 5.97. The molecule has 0 bridgehead atoms. The van der Waals surface area contributed by atoms with Crippen LogP contribution in [0.25, 0.3) is 16.7 Å². The van der Waals surface area contributed by atoms with Crippen LogP contribution in [-0.2, 0) is 0 Å². The Labute approximate surface area is 182 Å². The van der Waals surface area contributed by atoms with Crippen molar-refractivity contribution in [2.75, 3.05) is 31.1 Å². The summed E-state index contributed by atoms with van der Waals surface area (Å²) < 4.78 is 2.09. The first-order chi connectivity index (χ1) is 15.1. The lowest BCUT2D eigenvalue weighted by Crippen LogP contribution is -2.48. The highest BCUT2D eigenvalue weighted by atomic mass is 16.2. The minimum absolute atomic E-state index is 0.0793. The third-order valence-electron chi connectivity index (χ3n) is 6.09. The number of anilines is 1. The number of hydrogen-bond acceptors (Lipinski definition) is 3. The Balaban J connectivity index is 1.35. The lowest BCUT2D eigenvalue weighted by Gasteiger charge is -2.36. The van der Waals surface area contributed by atoms with E-state index < -0.39 is 0 Å². The number of aromatic nitrogens is 2. The van der Waals surface area contributed by atoms with E-state index in [2.05, 4.69) is 70.8 Å². The third kappa shape index (κ3) is 3.67. The minimum Gasteiger partial charge on any atom is -0.368 e. The number of imidazole rings is 1. The maximum absolute atomic E-state index is 13.1. The van der Waals surface area contributed by atoms with Gasteiger partial charge in [0.05, 0.1) is 16.7 Å². The summed E-state index contributed by atoms with van der Waals surface area (Å²) in [6.07, 6.45) is 1.84. The van der Waals surface area contributed by atoms with Gasteiger partial charge in [-0.05, 0) is 55.8 Å². The van der Waals surface area contributed by atoms with Crippen LogP contribution < -0.4 is 4.90 Å². The van der Waals surface area contributed by atoms with E-state index in [1.807, 2.05) is 35.5 Å². The van der Waals surface area contributed by atoms with Gasteiger partial charge in [0.1, 0.15) is 6.33 Å². The molecule has 1 fully saturated rings. The topological polar surface area (TPSA) is 41.4 Å². The molecule has 3 aromatic carbocycles. The van der Waals surface area contributed by atoms with Crippen molar-refractivity contribution < 1.29 is 4.79 Å². The fourth-order valence-electron chi connectivity index (χ4n) is 4.40. The fraction of sp³-hybridized carbons (Fsp3) is 0.231. The maximum atomic E-state index is 13.1. The number of carbonyl (C=O) groups is 1. The second-order valence-corrected chi connectivity index (χ2v) is 8.22. The molecule has 1 aromatic heterocycles. The molecule has 5 rings (SSSR count). The number of para-hydroxylation sites is 1. The van der Waals surface area contributed by atoms with E-state index in [4.69, 9.17) is 0 Å². The molecule has 4 aromatic rings. The molecule has 1 amide bonds. The number of amides is 1. The molecule has 156 valence electrons. The van der Waals surface area contributed by atoms with Crippen LogP contribution in [0.3, 0.4) is 0 Å². The van der Waals surface area contributed by atoms with Crippen LogP contribution in [0.1, 0.15) is 21.5 Å². The number of benzene rings is 3. The van der Waals surface area contributed by atoms with Crippen LogP contribution in [0.5, 0.6) is 0 Å². The Morgan fingerprint density at radius 3 is 2.39 bits per heavy atom. The number of hydrogen-bond donors (Lipinski definition) is 0. The van der Waals surface area contributed by atoms with Gasteiger partial charge in [-0.1, -0.05) is 35.9 Å². The summed E-state index contributed by atoms with van der Waals surface area (Å²) in [6, 6.07) is 22.6. The van der Waals surface area contributed by atoms with E-state index in [9.17, 15) is 4.79 Å². The number of piperazine rings is 1. The van der Waals surface area contributed by atoms with Crippen molar-refractivity contribution >= 4 is 22.6 Å². The molecule has 5 nitrogen and oxygen atoms in total. The van der Waals surface area contributed by atoms with E-state index in [0.717, 1.165) is 42.9 Å². The number of aryl methyl sites for hydroxylation is 2. The van der Waals surface area contributed by atoms with Gasteiger partial charge in [-0.3, -0.25) is 9.36 Å². The Kier molecular flexibility index (Phi) is 4.94. The normalized spacial score (nSPS) is 14.3. The van der Waals surface area contributed by atoms with E-state index in [1.54, 1.807) is 0 Å². The Morgan fingerprint density at radius 1 is 0.871 bits per heavy atom. The molecule has 2 heterocycles. The molecule has 0 N–H and O–H groups in total. The first-order valence-corrected chi connectivity index (χ1v) is 10.7. The summed E-state index contributed by atoms with van der Waals surface area (Å²) in [5.74, 6) is 0.0793. The molecule has 31 heavy (non-hydrogen) atoms. The van der Waals surface area contributed by atoms with Gasteiger partial charge in [-0.2, -0.15) is 0 Å². The Hall–Kier alpha value is -3.60. The highest BCUT2D eigenvalue weighted by Crippen LogP contribution is 2.24. The average molecular weight is 411 g/mol. The van der Waals surface area contributed by atoms with Crippen molar-refractivity contribution in [1.29, 1.82) is 0 Å². The Bertz CT molecular complexity index is 1240. The monoisotopic (exact) mass is 410 g/mol. The lowest BCUT2D eigenvalue weighted by atomic mass is 10.1. The smallest absolute Gasteiger partial charge is 0.254 e. The predicted octanol–water partition coefficient (Wildman–Crippen LogP) is 4.60. The van der Waals surface area contributed by atoms with Crippen molar-refractivity contribution in [3.8, 4) is 5.69 Å². The molecular weight excluding hydrogens is 384 g/mol. The first-order valence-electron chi connectivity index (χ1n) is 10.7. The van der Waals surface area contributed by atoms with E-state index in [1.165, 1.54) is 16.8 Å². The molecule has 0 unspecified atom stereocenters. The summed E-state index contributed by atoms with van der Waals surface area (Å²) in [4.78, 5) is 22.0. The molecule has 0 radical (unpaired) electrons. The van der Waals surface area contributed by atoms with Crippen molar-refractivity contribution in [3.05, 3.63) is 89.7 Å². The zero-order valence-electron chi connectivity index (χ0n) is 18.0. The van der Waals surface area contributed by atoms with Gasteiger partial charge in [-0.25, -0.2) is 4.98 Å². The van der Waals surface area contributed by atoms with Crippen LogP contribution in [0.2, 0.25) is 0 Å². The minimum atomic E-state index is 0.0793. The summed E-state index contributed by atoms with van der Waals surface area (Å²) in [7, 11) is 0. The van der Waals surface area contributed by atoms with Gasteiger partial charge in [-0.15, -0.1) is 0 Å². The molecule has 1 aliphatic heterocycles. The molecule has 0 atom stereocenters. The van der Waals surface area contributed by atoms with Crippen LogP contribution in [-0.4, -0.2) is 46.5 Å². The van der Waals surface area contributed by atoms with Gasteiger partial charge in [0.15, 0.2) is 0 Å². The van der Waals surface area contributed by atoms with Gasteiger partial charge in [0, 0.05) is 37.4 Å². The molecule has 1 aliphatic rings. The summed E-state index contributed by atoms with van der Waals surface area (Å²) in [5, 5.41) is 0. The molecule has 1 saturated heterocycles. The SMILES string of the molecule is Cc1ccc(-n2cnc3cc(C(=O)N4CCN(c5ccccc5)CC4)ccc32)c(C)c1. The number of fused-ring (bicyclic) bond motifs is 1. The van der Waals surface area contributed by atoms with Crippen LogP contribution >= 0.6 is 0 Å². The maximum Gasteiger partial charge on any atom is 0.254 e. The summed E-state index contributed by atoms with van der Waals surface area (Å²) in [5.41, 5.74) is 7.33.